The van der Waals surface area contributed by atoms with E-state index in [1.165, 1.54) is 0 Å². The van der Waals surface area contributed by atoms with Crippen LogP contribution in [0.25, 0.3) is 10.9 Å². The maximum atomic E-state index is 11.6. The Morgan fingerprint density at radius 1 is 1.29 bits per heavy atom. The van der Waals surface area contributed by atoms with Gasteiger partial charge in [0.2, 0.25) is 0 Å². The maximum absolute atomic E-state index is 11.6. The largest absolute Gasteiger partial charge is 0.301 e. The Bertz CT molecular complexity index is 533. The van der Waals surface area contributed by atoms with Crippen LogP contribution in [-0.2, 0) is 4.79 Å². The van der Waals surface area contributed by atoms with Gasteiger partial charge in [-0.25, -0.2) is 0 Å². The van der Waals surface area contributed by atoms with Crippen LogP contribution in [0.4, 0.5) is 0 Å². The first kappa shape index (κ1) is 8.55. The second-order valence-corrected chi connectivity index (χ2v) is 2.64. The maximum Gasteiger partial charge on any atom is 0.278 e. The van der Waals surface area contributed by atoms with Gasteiger partial charge in [-0.3, -0.25) is 4.79 Å². The second kappa shape index (κ2) is 3.37. The van der Waals surface area contributed by atoms with E-state index in [9.17, 15) is 9.59 Å². The highest BCUT2D eigenvalue weighted by Gasteiger charge is 2.03. The zero-order valence-corrected chi connectivity index (χ0v) is 7.12. The van der Waals surface area contributed by atoms with E-state index in [1.54, 1.807) is 24.3 Å². The van der Waals surface area contributed by atoms with Crippen molar-refractivity contribution in [2.24, 2.45) is 0 Å². The van der Waals surface area contributed by atoms with Crippen molar-refractivity contribution in [1.82, 2.24) is 15.0 Å². The molecule has 0 spiro atoms. The molecule has 5 heteroatoms. The van der Waals surface area contributed by atoms with Crippen molar-refractivity contribution in [2.45, 2.75) is 0 Å². The number of hydrogen-bond acceptors (Lipinski definition) is 4. The summed E-state index contributed by atoms with van der Waals surface area (Å²) in [5.41, 5.74) is 0.177. The van der Waals surface area contributed by atoms with Crippen LogP contribution in [0.1, 0.15) is 0 Å². The molecule has 0 aliphatic rings. The number of fused-ring (bicyclic) bond motifs is 1. The topological polar surface area (TPSA) is 64.8 Å². The van der Waals surface area contributed by atoms with E-state index in [1.807, 2.05) is 0 Å². The second-order valence-electron chi connectivity index (χ2n) is 2.64. The molecule has 1 heterocycles. The minimum Gasteiger partial charge on any atom is -0.301 e. The van der Waals surface area contributed by atoms with E-state index in [0.29, 0.717) is 17.2 Å². The molecule has 0 bridgehead atoms. The third-order valence-corrected chi connectivity index (χ3v) is 1.79. The molecule has 0 aliphatic carbocycles. The lowest BCUT2D eigenvalue weighted by molar-refractivity contribution is -0.105. The minimum absolute atomic E-state index is 0.345. The molecule has 0 N–H and O–H groups in total. The summed E-state index contributed by atoms with van der Waals surface area (Å²) in [6.45, 7) is 1.03. The molecular weight excluding hydrogens is 182 g/mol. The zero-order valence-electron chi connectivity index (χ0n) is 7.12. The first-order valence-corrected chi connectivity index (χ1v) is 3.96. The molecule has 1 aromatic heterocycles. The standard InChI is InChI=1S/C9H6N3O2/c13-6-5-12-9(14)7-3-1-2-4-8(7)10-11-12/h1-6H. The Hall–Kier alpha value is -2.04. The predicted octanol–water partition coefficient (Wildman–Crippen LogP) is 0.000290. The third kappa shape index (κ3) is 1.28. The van der Waals surface area contributed by atoms with Gasteiger partial charge in [0.05, 0.1) is 5.39 Å². The van der Waals surface area contributed by atoms with Crippen molar-refractivity contribution < 1.29 is 4.79 Å². The molecule has 0 saturated heterocycles. The van der Waals surface area contributed by atoms with Gasteiger partial charge in [-0.05, 0) is 12.1 Å². The van der Waals surface area contributed by atoms with E-state index in [0.717, 1.165) is 11.2 Å². The van der Waals surface area contributed by atoms with Crippen LogP contribution in [0.2, 0.25) is 0 Å². The Kier molecular flexibility index (Phi) is 2.06. The number of carbonyl (C=O) groups excluding carboxylic acids is 1. The van der Waals surface area contributed by atoms with E-state index >= 15 is 0 Å². The Morgan fingerprint density at radius 3 is 2.86 bits per heavy atom. The number of aromatic nitrogens is 3. The van der Waals surface area contributed by atoms with Gasteiger partial charge in [-0.2, -0.15) is 4.68 Å². The molecule has 0 saturated carbocycles. The van der Waals surface area contributed by atoms with Crippen molar-refractivity contribution >= 4 is 17.2 Å². The van der Waals surface area contributed by atoms with Gasteiger partial charge in [0, 0.05) is 0 Å². The number of benzene rings is 1. The average molecular weight is 188 g/mol. The summed E-state index contributed by atoms with van der Waals surface area (Å²) in [7, 11) is 0. The summed E-state index contributed by atoms with van der Waals surface area (Å²) in [4.78, 5) is 21.8. The molecule has 2 rings (SSSR count). The summed E-state index contributed by atoms with van der Waals surface area (Å²) >= 11 is 0. The van der Waals surface area contributed by atoms with Gasteiger partial charge < -0.3 is 4.79 Å². The summed E-state index contributed by atoms with van der Waals surface area (Å²) in [6, 6.07) is 6.83. The van der Waals surface area contributed by atoms with E-state index in [4.69, 9.17) is 0 Å². The van der Waals surface area contributed by atoms with Crippen LogP contribution in [0.15, 0.2) is 29.1 Å². The monoisotopic (exact) mass is 188 g/mol. The highest BCUT2D eigenvalue weighted by atomic mass is 16.1. The Labute approximate surface area is 79.0 Å². The van der Waals surface area contributed by atoms with E-state index < -0.39 is 0 Å². The molecule has 14 heavy (non-hydrogen) atoms. The normalized spacial score (nSPS) is 10.3. The highest BCUT2D eigenvalue weighted by Crippen LogP contribution is 2.02. The van der Waals surface area contributed by atoms with E-state index in [2.05, 4.69) is 10.3 Å². The van der Waals surface area contributed by atoms with Crippen molar-refractivity contribution in [2.75, 3.05) is 0 Å². The van der Waals surface area contributed by atoms with Gasteiger partial charge in [0.25, 0.3) is 5.56 Å². The molecule has 1 radical (unpaired) electrons. The fourth-order valence-corrected chi connectivity index (χ4v) is 1.16. The van der Waals surface area contributed by atoms with Crippen molar-refractivity contribution in [3.63, 3.8) is 0 Å². The molecule has 0 atom stereocenters. The number of aldehydes is 1. The van der Waals surface area contributed by atoms with E-state index in [-0.39, 0.29) is 5.56 Å². The lowest BCUT2D eigenvalue weighted by Crippen LogP contribution is -2.23. The predicted molar refractivity (Wildman–Crippen MR) is 49.6 cm³/mol. The first-order chi connectivity index (χ1) is 6.83. The highest BCUT2D eigenvalue weighted by molar-refractivity contribution is 5.76. The molecule has 5 nitrogen and oxygen atoms in total. The summed E-state index contributed by atoms with van der Waals surface area (Å²) in [5, 5.41) is 7.79. The van der Waals surface area contributed by atoms with Crippen LogP contribution in [0, 0.1) is 6.54 Å². The molecule has 2 aromatic rings. The molecule has 0 amide bonds. The third-order valence-electron chi connectivity index (χ3n) is 1.79. The van der Waals surface area contributed by atoms with Crippen LogP contribution in [0.3, 0.4) is 0 Å². The fourth-order valence-electron chi connectivity index (χ4n) is 1.16. The SMILES string of the molecule is O=C[CH]n1nnc2ccccc2c1=O. The Balaban J connectivity index is 2.75. The van der Waals surface area contributed by atoms with Gasteiger partial charge in [0.15, 0.2) is 0 Å². The number of hydrogen-bond donors (Lipinski definition) is 0. The first-order valence-electron chi connectivity index (χ1n) is 3.96. The van der Waals surface area contributed by atoms with Gasteiger partial charge >= 0.3 is 0 Å². The molecular formula is C9H6N3O2. The molecule has 69 valence electrons. The Morgan fingerprint density at radius 2 is 2.07 bits per heavy atom. The number of carbonyl (C=O) groups is 1. The summed E-state index contributed by atoms with van der Waals surface area (Å²) in [6.07, 6.45) is 0.491. The lowest BCUT2D eigenvalue weighted by atomic mass is 10.2. The van der Waals surface area contributed by atoms with Crippen LogP contribution >= 0.6 is 0 Å². The van der Waals surface area contributed by atoms with Gasteiger partial charge in [-0.1, -0.05) is 17.3 Å². The summed E-state index contributed by atoms with van der Waals surface area (Å²) < 4.78 is 0.912. The lowest BCUT2D eigenvalue weighted by Gasteiger charge is -1.98. The number of nitrogens with zero attached hydrogens (tertiary/aromatic N) is 3. The number of rotatable bonds is 2. The van der Waals surface area contributed by atoms with Crippen LogP contribution in [-0.4, -0.2) is 21.3 Å². The smallest absolute Gasteiger partial charge is 0.278 e. The van der Waals surface area contributed by atoms with Gasteiger partial charge in [-0.15, -0.1) is 5.10 Å². The summed E-state index contributed by atoms with van der Waals surface area (Å²) in [5.74, 6) is 0. The van der Waals surface area contributed by atoms with Crippen LogP contribution < -0.4 is 5.56 Å². The average Bonchev–Trinajstić information content (AvgIpc) is 2.23. The quantitative estimate of drug-likeness (QED) is 0.622. The van der Waals surface area contributed by atoms with Crippen molar-refractivity contribution in [3.8, 4) is 0 Å². The molecule has 1 aromatic carbocycles. The van der Waals surface area contributed by atoms with Crippen molar-refractivity contribution in [1.29, 1.82) is 0 Å². The fraction of sp³-hybridized carbons (Fsp3) is 0. The minimum atomic E-state index is -0.345. The molecule has 0 aliphatic heterocycles. The van der Waals surface area contributed by atoms with Crippen LogP contribution in [0.5, 0.6) is 0 Å². The molecule has 0 fully saturated rings. The zero-order chi connectivity index (χ0) is 9.97. The van der Waals surface area contributed by atoms with Gasteiger partial charge in [0.1, 0.15) is 18.3 Å². The molecule has 0 unspecified atom stereocenters. The van der Waals surface area contributed by atoms with Crippen molar-refractivity contribution in [3.05, 3.63) is 41.2 Å².